The summed E-state index contributed by atoms with van der Waals surface area (Å²) in [5, 5.41) is 0.525. The fourth-order valence-corrected chi connectivity index (χ4v) is 2.82. The van der Waals surface area contributed by atoms with Crippen molar-refractivity contribution in [3.63, 3.8) is 0 Å². The van der Waals surface area contributed by atoms with E-state index in [4.69, 9.17) is 32.7 Å². The first-order chi connectivity index (χ1) is 12.8. The Balaban J connectivity index is 2.29. The summed E-state index contributed by atoms with van der Waals surface area (Å²) < 4.78 is 40.2. The summed E-state index contributed by atoms with van der Waals surface area (Å²) in [7, 11) is 1.48. The van der Waals surface area contributed by atoms with Crippen LogP contribution in [-0.2, 0) is 11.2 Å². The monoisotopic (exact) mass is 419 g/mol. The number of aromatic nitrogens is 1. The molecule has 0 fully saturated rings. The molecule has 1 aromatic carbocycles. The molecule has 5 nitrogen and oxygen atoms in total. The van der Waals surface area contributed by atoms with Crippen LogP contribution in [-0.4, -0.2) is 37.2 Å². The van der Waals surface area contributed by atoms with Crippen LogP contribution in [0.1, 0.15) is 22.8 Å². The molecule has 2 rings (SSSR count). The zero-order valence-corrected chi connectivity index (χ0v) is 16.1. The lowest BCUT2D eigenvalue weighted by atomic mass is 10.0. The van der Waals surface area contributed by atoms with Gasteiger partial charge in [-0.3, -0.25) is 9.78 Å². The second-order valence-corrected chi connectivity index (χ2v) is 6.42. The van der Waals surface area contributed by atoms with E-state index in [1.165, 1.54) is 37.7 Å². The molecule has 9 heteroatoms. The molecule has 0 radical (unpaired) electrons. The summed E-state index contributed by atoms with van der Waals surface area (Å²) in [6.07, 6.45) is 2.25. The molecule has 1 atom stereocenters. The lowest BCUT2D eigenvalue weighted by Crippen LogP contribution is -2.19. The number of carbonyl (C=O) groups excluding carboxylic acids is 1. The average molecular weight is 420 g/mol. The maximum atomic E-state index is 12.6. The van der Waals surface area contributed by atoms with Crippen molar-refractivity contribution in [2.45, 2.75) is 26.1 Å². The van der Waals surface area contributed by atoms with Crippen molar-refractivity contribution in [3.05, 3.63) is 51.8 Å². The Labute approximate surface area is 165 Å². The van der Waals surface area contributed by atoms with Gasteiger partial charge in [-0.25, -0.2) is 0 Å². The van der Waals surface area contributed by atoms with Gasteiger partial charge in [0.25, 0.3) is 0 Å². The van der Waals surface area contributed by atoms with Crippen LogP contribution in [0.3, 0.4) is 0 Å². The number of nitrogens with zero attached hydrogens (tertiary/aromatic N) is 1. The first kappa shape index (κ1) is 21.3. The third-order valence-electron chi connectivity index (χ3n) is 3.50. The highest BCUT2D eigenvalue weighted by Gasteiger charge is 2.18. The fraction of sp³-hybridized carbons (Fsp3) is 0.333. The van der Waals surface area contributed by atoms with Crippen molar-refractivity contribution in [2.75, 3.05) is 13.7 Å². The van der Waals surface area contributed by atoms with E-state index in [9.17, 15) is 13.6 Å². The maximum absolute atomic E-state index is 12.6. The smallest absolute Gasteiger partial charge is 0.387 e. The molecule has 0 bridgehead atoms. The number of halogens is 4. The number of alkyl halides is 2. The lowest BCUT2D eigenvalue weighted by molar-refractivity contribution is -0.0524. The second kappa shape index (κ2) is 9.82. The van der Waals surface area contributed by atoms with Crippen LogP contribution in [0.5, 0.6) is 11.5 Å². The summed E-state index contributed by atoms with van der Waals surface area (Å²) in [6, 6.07) is 3.97. The Morgan fingerprint density at radius 1 is 1.15 bits per heavy atom. The molecule has 0 N–H and O–H groups in total. The molecule has 0 aliphatic heterocycles. The van der Waals surface area contributed by atoms with Crippen LogP contribution >= 0.6 is 23.2 Å². The van der Waals surface area contributed by atoms with E-state index in [2.05, 4.69) is 9.72 Å². The van der Waals surface area contributed by atoms with Gasteiger partial charge in [-0.05, 0) is 25.1 Å². The van der Waals surface area contributed by atoms with Crippen molar-refractivity contribution in [3.8, 4) is 11.5 Å². The molecule has 0 amide bonds. The van der Waals surface area contributed by atoms with Crippen LogP contribution < -0.4 is 9.47 Å². The number of Topliss-reactive ketones (excluding diaryl/α,β-unsaturated/α-hetero) is 1. The zero-order chi connectivity index (χ0) is 20.0. The fourth-order valence-electron chi connectivity index (χ4n) is 2.32. The SMILES string of the molecule is COCC(C)Oc1cc(C(=O)Cc2c(Cl)cncc2Cl)ccc1OC(F)F. The number of ether oxygens (including phenoxy) is 3. The highest BCUT2D eigenvalue weighted by atomic mass is 35.5. The summed E-state index contributed by atoms with van der Waals surface area (Å²) in [6.45, 7) is -1.10. The standard InChI is InChI=1S/C18H17Cl2F2NO4/c1-10(9-25-2)26-17-5-11(3-4-16(17)27-18(21)22)15(24)6-12-13(19)7-23-8-14(12)20/h3-5,7-8,10,18H,6,9H2,1-2H3. The number of rotatable bonds is 9. The van der Waals surface area contributed by atoms with Gasteiger partial charge in [-0.1, -0.05) is 23.2 Å². The number of carbonyl (C=O) groups is 1. The summed E-state index contributed by atoms with van der Waals surface area (Å²) in [5.74, 6) is -0.486. The summed E-state index contributed by atoms with van der Waals surface area (Å²) in [4.78, 5) is 16.4. The van der Waals surface area contributed by atoms with E-state index < -0.39 is 12.7 Å². The van der Waals surface area contributed by atoms with E-state index >= 15 is 0 Å². The molecule has 2 aromatic rings. The maximum Gasteiger partial charge on any atom is 0.387 e. The number of pyridine rings is 1. The van der Waals surface area contributed by atoms with E-state index in [0.717, 1.165) is 0 Å². The van der Waals surface area contributed by atoms with Gasteiger partial charge in [0, 0.05) is 37.1 Å². The molecule has 0 spiro atoms. The van der Waals surface area contributed by atoms with Crippen LogP contribution in [0.25, 0.3) is 0 Å². The van der Waals surface area contributed by atoms with Gasteiger partial charge < -0.3 is 14.2 Å². The minimum absolute atomic E-state index is 0.0117. The Morgan fingerprint density at radius 2 is 1.81 bits per heavy atom. The van der Waals surface area contributed by atoms with E-state index in [1.807, 2.05) is 0 Å². The summed E-state index contributed by atoms with van der Waals surface area (Å²) >= 11 is 12.1. The first-order valence-electron chi connectivity index (χ1n) is 7.87. The zero-order valence-electron chi connectivity index (χ0n) is 14.5. The number of hydrogen-bond donors (Lipinski definition) is 0. The van der Waals surface area contributed by atoms with E-state index in [1.54, 1.807) is 6.92 Å². The number of benzene rings is 1. The lowest BCUT2D eigenvalue weighted by Gasteiger charge is -2.18. The molecule has 0 saturated carbocycles. The minimum Gasteiger partial charge on any atom is -0.484 e. The Bertz CT molecular complexity index is 785. The molecule has 1 aromatic heterocycles. The van der Waals surface area contributed by atoms with Crippen LogP contribution in [0.15, 0.2) is 30.6 Å². The predicted octanol–water partition coefficient (Wildman–Crippen LogP) is 4.83. The van der Waals surface area contributed by atoms with Crippen molar-refractivity contribution in [1.29, 1.82) is 0 Å². The van der Waals surface area contributed by atoms with Gasteiger partial charge in [0.15, 0.2) is 17.3 Å². The average Bonchev–Trinajstić information content (AvgIpc) is 2.59. The minimum atomic E-state index is -3.03. The molecule has 0 aliphatic rings. The summed E-state index contributed by atoms with van der Waals surface area (Å²) in [5.41, 5.74) is 0.668. The van der Waals surface area contributed by atoms with Crippen molar-refractivity contribution < 1.29 is 27.8 Å². The quantitative estimate of drug-likeness (QED) is 0.544. The van der Waals surface area contributed by atoms with Gasteiger partial charge in [0.2, 0.25) is 0 Å². The van der Waals surface area contributed by atoms with Crippen LogP contribution in [0.2, 0.25) is 10.0 Å². The van der Waals surface area contributed by atoms with Gasteiger partial charge in [-0.15, -0.1) is 0 Å². The number of hydrogen-bond acceptors (Lipinski definition) is 5. The predicted molar refractivity (Wildman–Crippen MR) is 97.3 cm³/mol. The molecule has 27 heavy (non-hydrogen) atoms. The largest absolute Gasteiger partial charge is 0.484 e. The highest BCUT2D eigenvalue weighted by molar-refractivity contribution is 6.36. The van der Waals surface area contributed by atoms with Gasteiger partial charge >= 0.3 is 6.61 Å². The third-order valence-corrected chi connectivity index (χ3v) is 4.15. The highest BCUT2D eigenvalue weighted by Crippen LogP contribution is 2.32. The topological polar surface area (TPSA) is 57.7 Å². The van der Waals surface area contributed by atoms with Crippen molar-refractivity contribution in [2.24, 2.45) is 0 Å². The molecule has 146 valence electrons. The van der Waals surface area contributed by atoms with Crippen LogP contribution in [0.4, 0.5) is 8.78 Å². The Hall–Kier alpha value is -1.96. The second-order valence-electron chi connectivity index (χ2n) is 5.61. The molecule has 0 aliphatic carbocycles. The molecular formula is C18H17Cl2F2NO4. The number of methoxy groups -OCH3 is 1. The Morgan fingerprint density at radius 3 is 2.41 bits per heavy atom. The third kappa shape index (κ3) is 6.02. The van der Waals surface area contributed by atoms with E-state index in [0.29, 0.717) is 5.56 Å². The van der Waals surface area contributed by atoms with E-state index in [-0.39, 0.29) is 45.9 Å². The van der Waals surface area contributed by atoms with Gasteiger partial charge in [0.1, 0.15) is 6.10 Å². The van der Waals surface area contributed by atoms with Gasteiger partial charge in [-0.2, -0.15) is 8.78 Å². The number of ketones is 1. The van der Waals surface area contributed by atoms with Crippen LogP contribution in [0, 0.1) is 0 Å². The molecule has 1 heterocycles. The van der Waals surface area contributed by atoms with Gasteiger partial charge in [0.05, 0.1) is 16.7 Å². The molecular weight excluding hydrogens is 403 g/mol. The Kier molecular flexibility index (Phi) is 7.77. The van der Waals surface area contributed by atoms with Crippen molar-refractivity contribution >= 4 is 29.0 Å². The normalized spacial score (nSPS) is 12.1. The molecule has 1 unspecified atom stereocenters. The van der Waals surface area contributed by atoms with Crippen molar-refractivity contribution in [1.82, 2.24) is 4.98 Å². The first-order valence-corrected chi connectivity index (χ1v) is 8.63. The molecule has 0 saturated heterocycles.